The van der Waals surface area contributed by atoms with E-state index in [1.807, 2.05) is 30.4 Å². The molecule has 0 spiro atoms. The second-order valence-corrected chi connectivity index (χ2v) is 6.06. The van der Waals surface area contributed by atoms with Crippen LogP contribution in [0.25, 0.3) is 0 Å². The summed E-state index contributed by atoms with van der Waals surface area (Å²) in [6.45, 7) is 4.70. The number of aryl methyl sites for hydroxylation is 1. The summed E-state index contributed by atoms with van der Waals surface area (Å²) < 4.78 is 5.62. The van der Waals surface area contributed by atoms with Gasteiger partial charge in [-0.1, -0.05) is 68.3 Å². The summed E-state index contributed by atoms with van der Waals surface area (Å²) in [7, 11) is 0. The first-order valence-electron chi connectivity index (χ1n) is 8.24. The fourth-order valence-electron chi connectivity index (χ4n) is 2.88. The molecule has 0 bridgehead atoms. The fraction of sp³-hybridized carbons (Fsp3) is 0.450. The largest absolute Gasteiger partial charge is 0.465 e. The zero-order valence-electron chi connectivity index (χ0n) is 13.7. The number of unbranched alkanes of at least 4 members (excludes halogenated alkanes) is 1. The Kier molecular flexibility index (Phi) is 6.00. The molecule has 1 aromatic carbocycles. The summed E-state index contributed by atoms with van der Waals surface area (Å²) in [6, 6.07) is 8.25. The average Bonchev–Trinajstić information content (AvgIpc) is 2.55. The lowest BCUT2D eigenvalue weighted by Crippen LogP contribution is -2.32. The summed E-state index contributed by atoms with van der Waals surface area (Å²) in [6.07, 6.45) is 12.6. The van der Waals surface area contributed by atoms with Crippen molar-refractivity contribution in [1.82, 2.24) is 0 Å². The van der Waals surface area contributed by atoms with Gasteiger partial charge in [0.2, 0.25) is 0 Å². The van der Waals surface area contributed by atoms with Gasteiger partial charge in [0, 0.05) is 6.42 Å². The van der Waals surface area contributed by atoms with Gasteiger partial charge in [-0.25, -0.2) is 0 Å². The first-order chi connectivity index (χ1) is 10.7. The van der Waals surface area contributed by atoms with Crippen LogP contribution in [0.15, 0.2) is 48.6 Å². The maximum absolute atomic E-state index is 12.6. The minimum absolute atomic E-state index is 0.0739. The van der Waals surface area contributed by atoms with Gasteiger partial charge in [0.25, 0.3) is 0 Å². The summed E-state index contributed by atoms with van der Waals surface area (Å²) in [5, 5.41) is 0. The molecule has 1 aromatic rings. The number of hydrogen-bond acceptors (Lipinski definition) is 2. The first kappa shape index (κ1) is 16.5. The summed E-state index contributed by atoms with van der Waals surface area (Å²) >= 11 is 0. The third-order valence-electron chi connectivity index (χ3n) is 4.39. The summed E-state index contributed by atoms with van der Waals surface area (Å²) in [5.74, 6) is -0.0739. The molecule has 22 heavy (non-hydrogen) atoms. The van der Waals surface area contributed by atoms with Crippen molar-refractivity contribution < 1.29 is 9.53 Å². The minimum Gasteiger partial charge on any atom is -0.465 e. The summed E-state index contributed by atoms with van der Waals surface area (Å²) in [4.78, 5) is 12.6. The number of ether oxygens (including phenoxy) is 1. The monoisotopic (exact) mass is 298 g/mol. The van der Waals surface area contributed by atoms with E-state index in [0.29, 0.717) is 6.61 Å². The van der Waals surface area contributed by atoms with E-state index in [2.05, 4.69) is 32.1 Å². The molecule has 0 saturated heterocycles. The van der Waals surface area contributed by atoms with Gasteiger partial charge in [-0.2, -0.15) is 0 Å². The quantitative estimate of drug-likeness (QED) is 0.678. The molecule has 1 unspecified atom stereocenters. The fourth-order valence-corrected chi connectivity index (χ4v) is 2.88. The van der Waals surface area contributed by atoms with Crippen molar-refractivity contribution in [2.45, 2.75) is 46.0 Å². The number of rotatable bonds is 7. The lowest BCUT2D eigenvalue weighted by Gasteiger charge is -2.29. The molecule has 118 valence electrons. The Bertz CT molecular complexity index is 557. The topological polar surface area (TPSA) is 26.3 Å². The molecule has 0 saturated carbocycles. The number of benzene rings is 1. The normalized spacial score (nSPS) is 20.1. The third-order valence-corrected chi connectivity index (χ3v) is 4.39. The SMILES string of the molecule is CCCCC1(C(=O)OCCc2ccccc2C)C=CC=CC1. The minimum atomic E-state index is -0.448. The Balaban J connectivity index is 1.93. The van der Waals surface area contributed by atoms with Gasteiger partial charge in [0.1, 0.15) is 0 Å². The van der Waals surface area contributed by atoms with Gasteiger partial charge >= 0.3 is 5.97 Å². The van der Waals surface area contributed by atoms with Crippen molar-refractivity contribution in [2.24, 2.45) is 5.41 Å². The molecule has 2 rings (SSSR count). The van der Waals surface area contributed by atoms with Gasteiger partial charge in [0.15, 0.2) is 0 Å². The van der Waals surface area contributed by atoms with Crippen LogP contribution in [0.3, 0.4) is 0 Å². The summed E-state index contributed by atoms with van der Waals surface area (Å²) in [5.41, 5.74) is 2.05. The number of esters is 1. The number of hydrogen-bond donors (Lipinski definition) is 0. The van der Waals surface area contributed by atoms with E-state index in [9.17, 15) is 4.79 Å². The zero-order chi connectivity index (χ0) is 15.8. The van der Waals surface area contributed by atoms with Crippen molar-refractivity contribution in [2.75, 3.05) is 6.61 Å². The molecule has 1 aliphatic carbocycles. The van der Waals surface area contributed by atoms with E-state index in [-0.39, 0.29) is 5.97 Å². The van der Waals surface area contributed by atoms with Crippen LogP contribution in [0, 0.1) is 12.3 Å². The number of carbonyl (C=O) groups is 1. The molecule has 1 aliphatic rings. The van der Waals surface area contributed by atoms with Crippen LogP contribution in [0.4, 0.5) is 0 Å². The standard InChI is InChI=1S/C20H26O2/c1-3-4-13-20(14-8-5-9-15-20)19(21)22-16-12-18-11-7-6-10-17(18)2/h5-11,14H,3-4,12-13,15-16H2,1-2H3. The molecular weight excluding hydrogens is 272 g/mol. The van der Waals surface area contributed by atoms with Crippen LogP contribution in [0.5, 0.6) is 0 Å². The smallest absolute Gasteiger partial charge is 0.316 e. The van der Waals surface area contributed by atoms with Gasteiger partial charge in [-0.15, -0.1) is 0 Å². The van der Waals surface area contributed by atoms with Gasteiger partial charge in [0.05, 0.1) is 12.0 Å². The highest BCUT2D eigenvalue weighted by molar-refractivity contribution is 5.80. The van der Waals surface area contributed by atoms with E-state index in [0.717, 1.165) is 32.1 Å². The molecule has 0 aromatic heterocycles. The van der Waals surface area contributed by atoms with Crippen molar-refractivity contribution in [3.05, 3.63) is 59.7 Å². The third kappa shape index (κ3) is 4.09. The molecule has 0 amide bonds. The van der Waals surface area contributed by atoms with E-state index in [1.54, 1.807) is 0 Å². The Labute approximate surface area is 133 Å². The van der Waals surface area contributed by atoms with Gasteiger partial charge in [-0.05, 0) is 30.9 Å². The molecule has 0 heterocycles. The molecular formula is C20H26O2. The van der Waals surface area contributed by atoms with Crippen molar-refractivity contribution in [3.8, 4) is 0 Å². The van der Waals surface area contributed by atoms with E-state index < -0.39 is 5.41 Å². The Hall–Kier alpha value is -1.83. The second-order valence-electron chi connectivity index (χ2n) is 6.06. The molecule has 0 fully saturated rings. The van der Waals surface area contributed by atoms with E-state index in [1.165, 1.54) is 11.1 Å². The Morgan fingerprint density at radius 3 is 2.77 bits per heavy atom. The molecule has 0 aliphatic heterocycles. The van der Waals surface area contributed by atoms with Crippen LogP contribution in [0.1, 0.15) is 43.7 Å². The molecule has 0 N–H and O–H groups in total. The maximum Gasteiger partial charge on any atom is 0.316 e. The average molecular weight is 298 g/mol. The van der Waals surface area contributed by atoms with E-state index >= 15 is 0 Å². The van der Waals surface area contributed by atoms with Crippen LogP contribution < -0.4 is 0 Å². The second kappa shape index (κ2) is 7.98. The molecule has 1 atom stereocenters. The highest BCUT2D eigenvalue weighted by Crippen LogP contribution is 2.35. The van der Waals surface area contributed by atoms with Crippen LogP contribution in [-0.4, -0.2) is 12.6 Å². The lowest BCUT2D eigenvalue weighted by atomic mass is 9.77. The Morgan fingerprint density at radius 1 is 1.27 bits per heavy atom. The first-order valence-corrected chi connectivity index (χ1v) is 8.24. The van der Waals surface area contributed by atoms with E-state index in [4.69, 9.17) is 4.74 Å². The lowest BCUT2D eigenvalue weighted by molar-refractivity contribution is -0.153. The zero-order valence-corrected chi connectivity index (χ0v) is 13.7. The van der Waals surface area contributed by atoms with Crippen LogP contribution in [0.2, 0.25) is 0 Å². The van der Waals surface area contributed by atoms with Gasteiger partial charge < -0.3 is 4.74 Å². The van der Waals surface area contributed by atoms with Crippen LogP contribution >= 0.6 is 0 Å². The molecule has 0 radical (unpaired) electrons. The van der Waals surface area contributed by atoms with Gasteiger partial charge in [-0.3, -0.25) is 4.79 Å². The highest BCUT2D eigenvalue weighted by atomic mass is 16.5. The van der Waals surface area contributed by atoms with Crippen molar-refractivity contribution in [1.29, 1.82) is 0 Å². The predicted molar refractivity (Wildman–Crippen MR) is 90.7 cm³/mol. The molecule has 2 nitrogen and oxygen atoms in total. The maximum atomic E-state index is 12.6. The predicted octanol–water partition coefficient (Wildman–Crippen LogP) is 4.77. The highest BCUT2D eigenvalue weighted by Gasteiger charge is 2.36. The Morgan fingerprint density at radius 2 is 2.09 bits per heavy atom. The number of allylic oxidation sites excluding steroid dienone is 3. The van der Waals surface area contributed by atoms with Crippen LogP contribution in [-0.2, 0) is 16.0 Å². The molecule has 2 heteroatoms. The van der Waals surface area contributed by atoms with Crippen molar-refractivity contribution >= 4 is 5.97 Å². The van der Waals surface area contributed by atoms with Crippen molar-refractivity contribution in [3.63, 3.8) is 0 Å². The number of carbonyl (C=O) groups excluding carboxylic acids is 1.